The minimum Gasteiger partial charge on any atom is -0.490 e. The van der Waals surface area contributed by atoms with Crippen molar-refractivity contribution in [3.05, 3.63) is 24.3 Å². The van der Waals surface area contributed by atoms with Crippen LogP contribution in [0.1, 0.15) is 19.8 Å². The first-order valence-corrected chi connectivity index (χ1v) is 6.48. The highest BCUT2D eigenvalue weighted by Crippen LogP contribution is 2.26. The first-order valence-electron chi connectivity index (χ1n) is 6.48. The third-order valence-electron chi connectivity index (χ3n) is 2.66. The third kappa shape index (κ3) is 3.89. The van der Waals surface area contributed by atoms with E-state index in [-0.39, 0.29) is 6.29 Å². The Morgan fingerprint density at radius 1 is 1.11 bits per heavy atom. The summed E-state index contributed by atoms with van der Waals surface area (Å²) >= 11 is 0. The molecule has 1 saturated heterocycles. The van der Waals surface area contributed by atoms with Crippen LogP contribution in [-0.4, -0.2) is 32.7 Å². The predicted molar refractivity (Wildman–Crippen MR) is 68.0 cm³/mol. The number of benzene rings is 1. The summed E-state index contributed by atoms with van der Waals surface area (Å²) in [6.07, 6.45) is 1.59. The minimum atomic E-state index is -0.127. The van der Waals surface area contributed by atoms with Crippen molar-refractivity contribution in [3.63, 3.8) is 0 Å². The average molecular weight is 252 g/mol. The molecule has 1 aromatic rings. The molecular formula is C14H20O4. The molecule has 0 saturated carbocycles. The molecule has 1 aliphatic heterocycles. The highest BCUT2D eigenvalue weighted by atomic mass is 16.7. The quantitative estimate of drug-likeness (QED) is 0.780. The number of hydrogen-bond acceptors (Lipinski definition) is 4. The number of rotatable bonds is 6. The summed E-state index contributed by atoms with van der Waals surface area (Å²) in [5.74, 6) is 1.56. The van der Waals surface area contributed by atoms with E-state index in [2.05, 4.69) is 0 Å². The van der Waals surface area contributed by atoms with Gasteiger partial charge in [-0.1, -0.05) is 12.1 Å². The second kappa shape index (κ2) is 7.24. The molecule has 0 N–H and O–H groups in total. The lowest BCUT2D eigenvalue weighted by atomic mass is 10.3. The standard InChI is InChI=1S/C14H20O4/c1-2-15-12-6-3-4-7-13(12)16-11-8-14-17-9-5-10-18-14/h3-4,6-7,14H,2,5,8-11H2,1H3. The highest BCUT2D eigenvalue weighted by Gasteiger charge is 2.14. The van der Waals surface area contributed by atoms with Gasteiger partial charge >= 0.3 is 0 Å². The predicted octanol–water partition coefficient (Wildman–Crippen LogP) is 2.62. The van der Waals surface area contributed by atoms with Crippen molar-refractivity contribution in [1.82, 2.24) is 0 Å². The zero-order valence-electron chi connectivity index (χ0n) is 10.8. The van der Waals surface area contributed by atoms with Crippen molar-refractivity contribution in [1.29, 1.82) is 0 Å². The summed E-state index contributed by atoms with van der Waals surface area (Å²) in [6.45, 7) is 4.71. The lowest BCUT2D eigenvalue weighted by Gasteiger charge is -2.23. The zero-order valence-corrected chi connectivity index (χ0v) is 10.8. The van der Waals surface area contributed by atoms with Crippen molar-refractivity contribution in [2.24, 2.45) is 0 Å². The van der Waals surface area contributed by atoms with Crippen LogP contribution in [0.25, 0.3) is 0 Å². The molecule has 4 nitrogen and oxygen atoms in total. The molecule has 0 aromatic heterocycles. The smallest absolute Gasteiger partial charge is 0.161 e. The SMILES string of the molecule is CCOc1ccccc1OCCC1OCCCO1. The van der Waals surface area contributed by atoms with E-state index in [1.54, 1.807) is 0 Å². The van der Waals surface area contributed by atoms with Crippen LogP contribution in [0.15, 0.2) is 24.3 Å². The van der Waals surface area contributed by atoms with E-state index < -0.39 is 0 Å². The Balaban J connectivity index is 1.78. The van der Waals surface area contributed by atoms with E-state index in [9.17, 15) is 0 Å². The molecule has 1 aliphatic rings. The highest BCUT2D eigenvalue weighted by molar-refractivity contribution is 5.39. The zero-order chi connectivity index (χ0) is 12.6. The molecule has 0 amide bonds. The van der Waals surface area contributed by atoms with Gasteiger partial charge in [-0.2, -0.15) is 0 Å². The Morgan fingerprint density at radius 2 is 1.78 bits per heavy atom. The maximum absolute atomic E-state index is 5.71. The van der Waals surface area contributed by atoms with E-state index in [1.807, 2.05) is 31.2 Å². The van der Waals surface area contributed by atoms with Gasteiger partial charge in [0.05, 0.1) is 26.4 Å². The monoisotopic (exact) mass is 252 g/mol. The van der Waals surface area contributed by atoms with Gasteiger partial charge in [-0.15, -0.1) is 0 Å². The van der Waals surface area contributed by atoms with Gasteiger partial charge in [0.2, 0.25) is 0 Å². The van der Waals surface area contributed by atoms with E-state index >= 15 is 0 Å². The van der Waals surface area contributed by atoms with Gasteiger partial charge in [0.15, 0.2) is 17.8 Å². The van der Waals surface area contributed by atoms with Gasteiger partial charge in [-0.3, -0.25) is 0 Å². The van der Waals surface area contributed by atoms with E-state index in [0.717, 1.165) is 37.6 Å². The Labute approximate surface area is 108 Å². The lowest BCUT2D eigenvalue weighted by molar-refractivity contribution is -0.183. The molecule has 1 aromatic carbocycles. The fourth-order valence-corrected chi connectivity index (χ4v) is 1.81. The summed E-state index contributed by atoms with van der Waals surface area (Å²) in [7, 11) is 0. The molecular weight excluding hydrogens is 232 g/mol. The van der Waals surface area contributed by atoms with Crippen LogP contribution in [0.2, 0.25) is 0 Å². The molecule has 18 heavy (non-hydrogen) atoms. The topological polar surface area (TPSA) is 36.9 Å². The first kappa shape index (κ1) is 13.2. The fourth-order valence-electron chi connectivity index (χ4n) is 1.81. The van der Waals surface area contributed by atoms with Crippen molar-refractivity contribution in [3.8, 4) is 11.5 Å². The van der Waals surface area contributed by atoms with Crippen molar-refractivity contribution >= 4 is 0 Å². The molecule has 0 bridgehead atoms. The second-order valence-electron chi connectivity index (χ2n) is 4.04. The van der Waals surface area contributed by atoms with E-state index in [4.69, 9.17) is 18.9 Å². The molecule has 0 atom stereocenters. The van der Waals surface area contributed by atoms with E-state index in [0.29, 0.717) is 13.2 Å². The van der Waals surface area contributed by atoms with E-state index in [1.165, 1.54) is 0 Å². The van der Waals surface area contributed by atoms with Gasteiger partial charge in [-0.05, 0) is 25.5 Å². The number of ether oxygens (including phenoxy) is 4. The van der Waals surface area contributed by atoms with Gasteiger partial charge in [0.1, 0.15) is 0 Å². The minimum absolute atomic E-state index is 0.127. The van der Waals surface area contributed by atoms with Crippen LogP contribution in [0, 0.1) is 0 Å². The van der Waals surface area contributed by atoms with Gasteiger partial charge in [-0.25, -0.2) is 0 Å². The number of para-hydroxylation sites is 2. The molecule has 0 unspecified atom stereocenters. The van der Waals surface area contributed by atoms with Gasteiger partial charge in [0.25, 0.3) is 0 Å². The van der Waals surface area contributed by atoms with Crippen LogP contribution < -0.4 is 9.47 Å². The van der Waals surface area contributed by atoms with Crippen LogP contribution >= 0.6 is 0 Å². The number of hydrogen-bond donors (Lipinski definition) is 0. The summed E-state index contributed by atoms with van der Waals surface area (Å²) in [5.41, 5.74) is 0. The first-order chi connectivity index (χ1) is 8.90. The molecule has 0 spiro atoms. The molecule has 4 heteroatoms. The maximum Gasteiger partial charge on any atom is 0.161 e. The molecule has 1 fully saturated rings. The van der Waals surface area contributed by atoms with Crippen LogP contribution in [0.3, 0.4) is 0 Å². The Bertz CT molecular complexity index is 347. The fraction of sp³-hybridized carbons (Fsp3) is 0.571. The summed E-state index contributed by atoms with van der Waals surface area (Å²) in [5, 5.41) is 0. The maximum atomic E-state index is 5.71. The van der Waals surface area contributed by atoms with Crippen LogP contribution in [0.5, 0.6) is 11.5 Å². The molecule has 1 heterocycles. The van der Waals surface area contributed by atoms with Gasteiger partial charge < -0.3 is 18.9 Å². The summed E-state index contributed by atoms with van der Waals surface area (Å²) < 4.78 is 22.1. The molecule has 100 valence electrons. The Kier molecular flexibility index (Phi) is 5.30. The van der Waals surface area contributed by atoms with Crippen molar-refractivity contribution in [2.45, 2.75) is 26.1 Å². The Morgan fingerprint density at radius 3 is 2.44 bits per heavy atom. The second-order valence-corrected chi connectivity index (χ2v) is 4.04. The van der Waals surface area contributed by atoms with Crippen molar-refractivity contribution in [2.75, 3.05) is 26.4 Å². The lowest BCUT2D eigenvalue weighted by Crippen LogP contribution is -2.26. The average Bonchev–Trinajstić information content (AvgIpc) is 2.42. The Hall–Kier alpha value is -1.26. The largest absolute Gasteiger partial charge is 0.490 e. The summed E-state index contributed by atoms with van der Waals surface area (Å²) in [6, 6.07) is 7.69. The van der Waals surface area contributed by atoms with Crippen molar-refractivity contribution < 1.29 is 18.9 Å². The molecule has 0 aliphatic carbocycles. The molecule has 0 radical (unpaired) electrons. The molecule has 2 rings (SSSR count). The summed E-state index contributed by atoms with van der Waals surface area (Å²) in [4.78, 5) is 0. The van der Waals surface area contributed by atoms with Crippen LogP contribution in [0.4, 0.5) is 0 Å². The third-order valence-corrected chi connectivity index (χ3v) is 2.66. The van der Waals surface area contributed by atoms with Gasteiger partial charge in [0, 0.05) is 6.42 Å². The normalized spacial score (nSPS) is 16.5. The van der Waals surface area contributed by atoms with Crippen LogP contribution in [-0.2, 0) is 9.47 Å².